The molecule has 0 saturated carbocycles. The molecule has 0 saturated heterocycles. The van der Waals surface area contributed by atoms with E-state index in [0.717, 1.165) is 22.3 Å². The minimum absolute atomic E-state index is 0.508. The van der Waals surface area contributed by atoms with Crippen LogP contribution in [0.25, 0.3) is 16.6 Å². The molecule has 0 bridgehead atoms. The Kier molecular flexibility index (Phi) is 3.74. The highest BCUT2D eigenvalue weighted by atomic mass is 15.0. The minimum Gasteiger partial charge on any atom is -0.399 e. The lowest BCUT2D eigenvalue weighted by Crippen LogP contribution is -2.04. The standard InChI is InChI=1S/C18H18N4/c1-12-5-3-6-14(9-12)10-20-18-16-8-4-7-15(13(2)19)17(16)21-11-22-18/h3-9,11H,2,10,19H2,1H3,(H,20,21,22). The van der Waals surface area contributed by atoms with E-state index in [1.807, 2.05) is 18.2 Å². The molecular weight excluding hydrogens is 272 g/mol. The summed E-state index contributed by atoms with van der Waals surface area (Å²) in [6.45, 7) is 6.60. The fourth-order valence-corrected chi connectivity index (χ4v) is 2.50. The van der Waals surface area contributed by atoms with Gasteiger partial charge < -0.3 is 11.1 Å². The number of nitrogens with zero attached hydrogens (tertiary/aromatic N) is 2. The van der Waals surface area contributed by atoms with Crippen LogP contribution in [0.5, 0.6) is 0 Å². The monoisotopic (exact) mass is 290 g/mol. The van der Waals surface area contributed by atoms with Gasteiger partial charge in [0, 0.05) is 23.2 Å². The van der Waals surface area contributed by atoms with E-state index in [2.05, 4.69) is 53.1 Å². The number of fused-ring (bicyclic) bond motifs is 1. The number of aromatic nitrogens is 2. The van der Waals surface area contributed by atoms with Gasteiger partial charge in [0.1, 0.15) is 12.1 Å². The summed E-state index contributed by atoms with van der Waals surface area (Å²) in [7, 11) is 0. The van der Waals surface area contributed by atoms with Crippen molar-refractivity contribution in [3.8, 4) is 0 Å². The number of para-hydroxylation sites is 1. The largest absolute Gasteiger partial charge is 0.399 e. The predicted octanol–water partition coefficient (Wildman–Crippen LogP) is 3.48. The van der Waals surface area contributed by atoms with E-state index in [1.165, 1.54) is 11.1 Å². The van der Waals surface area contributed by atoms with Gasteiger partial charge in [-0.25, -0.2) is 9.97 Å². The molecule has 0 radical (unpaired) electrons. The molecule has 0 fully saturated rings. The number of nitrogens with one attached hydrogen (secondary N) is 1. The Hall–Kier alpha value is -2.88. The van der Waals surface area contributed by atoms with Crippen molar-refractivity contribution in [3.05, 3.63) is 72.1 Å². The summed E-state index contributed by atoms with van der Waals surface area (Å²) >= 11 is 0. The van der Waals surface area contributed by atoms with Crippen molar-refractivity contribution in [2.45, 2.75) is 13.5 Å². The molecule has 0 amide bonds. The van der Waals surface area contributed by atoms with Gasteiger partial charge in [-0.3, -0.25) is 0 Å². The lowest BCUT2D eigenvalue weighted by atomic mass is 10.1. The van der Waals surface area contributed by atoms with E-state index in [-0.39, 0.29) is 0 Å². The molecule has 0 spiro atoms. The average molecular weight is 290 g/mol. The quantitative estimate of drug-likeness (QED) is 0.772. The summed E-state index contributed by atoms with van der Waals surface area (Å²) in [5, 5.41) is 4.32. The van der Waals surface area contributed by atoms with Crippen LogP contribution in [0.15, 0.2) is 55.4 Å². The van der Waals surface area contributed by atoms with Crippen LogP contribution < -0.4 is 11.1 Å². The first-order chi connectivity index (χ1) is 10.6. The van der Waals surface area contributed by atoms with Crippen LogP contribution in [-0.4, -0.2) is 9.97 Å². The third kappa shape index (κ3) is 2.76. The van der Waals surface area contributed by atoms with Crippen LogP contribution in [0.4, 0.5) is 5.82 Å². The highest BCUT2D eigenvalue weighted by molar-refractivity contribution is 5.95. The van der Waals surface area contributed by atoms with Crippen LogP contribution in [0.2, 0.25) is 0 Å². The number of hydrogen-bond acceptors (Lipinski definition) is 4. The van der Waals surface area contributed by atoms with E-state index < -0.39 is 0 Å². The molecular formula is C18H18N4. The smallest absolute Gasteiger partial charge is 0.137 e. The van der Waals surface area contributed by atoms with Crippen molar-refractivity contribution in [1.82, 2.24) is 9.97 Å². The lowest BCUT2D eigenvalue weighted by Gasteiger charge is -2.11. The molecule has 3 rings (SSSR count). The van der Waals surface area contributed by atoms with E-state index in [4.69, 9.17) is 5.73 Å². The van der Waals surface area contributed by atoms with Crippen LogP contribution in [0.3, 0.4) is 0 Å². The first-order valence-corrected chi connectivity index (χ1v) is 7.13. The summed E-state index contributed by atoms with van der Waals surface area (Å²) in [6, 6.07) is 14.2. The molecule has 0 aliphatic rings. The Labute approximate surface area is 129 Å². The Morgan fingerprint density at radius 3 is 2.77 bits per heavy atom. The SMILES string of the molecule is C=C(N)c1cccc2c(NCc3cccc(C)c3)ncnc12. The Balaban J connectivity index is 1.94. The van der Waals surface area contributed by atoms with Crippen molar-refractivity contribution >= 4 is 22.4 Å². The first kappa shape index (κ1) is 14.1. The zero-order chi connectivity index (χ0) is 15.5. The van der Waals surface area contributed by atoms with Gasteiger partial charge in [-0.2, -0.15) is 0 Å². The maximum absolute atomic E-state index is 5.84. The highest BCUT2D eigenvalue weighted by Gasteiger charge is 2.08. The van der Waals surface area contributed by atoms with Gasteiger partial charge in [0.15, 0.2) is 0 Å². The highest BCUT2D eigenvalue weighted by Crippen LogP contribution is 2.24. The zero-order valence-corrected chi connectivity index (χ0v) is 12.5. The van der Waals surface area contributed by atoms with Gasteiger partial charge in [-0.1, -0.05) is 48.5 Å². The number of anilines is 1. The summed E-state index contributed by atoms with van der Waals surface area (Å²) < 4.78 is 0. The zero-order valence-electron chi connectivity index (χ0n) is 12.5. The molecule has 1 aromatic heterocycles. The van der Waals surface area contributed by atoms with Crippen LogP contribution in [0, 0.1) is 6.92 Å². The fourth-order valence-electron chi connectivity index (χ4n) is 2.50. The maximum atomic E-state index is 5.84. The third-order valence-electron chi connectivity index (χ3n) is 3.55. The molecule has 0 atom stereocenters. The molecule has 3 aromatic rings. The topological polar surface area (TPSA) is 63.8 Å². The van der Waals surface area contributed by atoms with Gasteiger partial charge >= 0.3 is 0 Å². The second-order valence-corrected chi connectivity index (χ2v) is 5.29. The van der Waals surface area contributed by atoms with Crippen LogP contribution in [-0.2, 0) is 6.54 Å². The normalized spacial score (nSPS) is 10.6. The van der Waals surface area contributed by atoms with Crippen molar-refractivity contribution in [1.29, 1.82) is 0 Å². The summed E-state index contributed by atoms with van der Waals surface area (Å²) in [5.74, 6) is 0.801. The predicted molar refractivity (Wildman–Crippen MR) is 91.3 cm³/mol. The van der Waals surface area contributed by atoms with Crippen LogP contribution in [0.1, 0.15) is 16.7 Å². The maximum Gasteiger partial charge on any atom is 0.137 e. The van der Waals surface area contributed by atoms with Crippen molar-refractivity contribution in [3.63, 3.8) is 0 Å². The van der Waals surface area contributed by atoms with Crippen molar-refractivity contribution in [2.75, 3.05) is 5.32 Å². The van der Waals surface area contributed by atoms with Gasteiger partial charge in [-0.15, -0.1) is 0 Å². The van der Waals surface area contributed by atoms with Gasteiger partial charge in [0.05, 0.1) is 5.52 Å². The van der Waals surface area contributed by atoms with E-state index in [1.54, 1.807) is 6.33 Å². The number of hydrogen-bond donors (Lipinski definition) is 2. The van der Waals surface area contributed by atoms with Crippen molar-refractivity contribution < 1.29 is 0 Å². The number of rotatable bonds is 4. The molecule has 4 nitrogen and oxygen atoms in total. The average Bonchev–Trinajstić information content (AvgIpc) is 2.52. The number of aryl methyl sites for hydroxylation is 1. The number of nitrogens with two attached hydrogens (primary N) is 1. The molecule has 110 valence electrons. The summed E-state index contributed by atoms with van der Waals surface area (Å²) in [6.07, 6.45) is 1.55. The first-order valence-electron chi connectivity index (χ1n) is 7.13. The molecule has 22 heavy (non-hydrogen) atoms. The third-order valence-corrected chi connectivity index (χ3v) is 3.55. The lowest BCUT2D eigenvalue weighted by molar-refractivity contribution is 1.10. The van der Waals surface area contributed by atoms with Crippen molar-refractivity contribution in [2.24, 2.45) is 5.73 Å². The fraction of sp³-hybridized carbons (Fsp3) is 0.111. The summed E-state index contributed by atoms with van der Waals surface area (Å²) in [5.41, 5.74) is 10.5. The molecule has 0 aliphatic heterocycles. The minimum atomic E-state index is 0.508. The Morgan fingerprint density at radius 1 is 1.18 bits per heavy atom. The van der Waals surface area contributed by atoms with E-state index in [0.29, 0.717) is 12.2 Å². The molecule has 3 N–H and O–H groups in total. The van der Waals surface area contributed by atoms with Gasteiger partial charge in [-0.05, 0) is 18.6 Å². The molecule has 0 aliphatic carbocycles. The molecule has 2 aromatic carbocycles. The van der Waals surface area contributed by atoms with Gasteiger partial charge in [0.2, 0.25) is 0 Å². The molecule has 1 heterocycles. The molecule has 0 unspecified atom stereocenters. The van der Waals surface area contributed by atoms with E-state index >= 15 is 0 Å². The Bertz CT molecular complexity index is 839. The molecule has 4 heteroatoms. The van der Waals surface area contributed by atoms with Crippen LogP contribution >= 0.6 is 0 Å². The Morgan fingerprint density at radius 2 is 2.00 bits per heavy atom. The van der Waals surface area contributed by atoms with E-state index in [9.17, 15) is 0 Å². The summed E-state index contributed by atoms with van der Waals surface area (Å²) in [4.78, 5) is 8.69. The second kappa shape index (κ2) is 5.85. The number of benzene rings is 2. The second-order valence-electron chi connectivity index (χ2n) is 5.29. The van der Waals surface area contributed by atoms with Gasteiger partial charge in [0.25, 0.3) is 0 Å².